The number of aryl methyl sites for hydroxylation is 1. The van der Waals surface area contributed by atoms with E-state index in [9.17, 15) is 0 Å². The van der Waals surface area contributed by atoms with Crippen LogP contribution in [0.2, 0.25) is 0 Å². The van der Waals surface area contributed by atoms with Crippen molar-refractivity contribution >= 4 is 0 Å². The van der Waals surface area contributed by atoms with E-state index in [1.165, 1.54) is 12.8 Å². The molecule has 1 aromatic heterocycles. The van der Waals surface area contributed by atoms with Crippen molar-refractivity contribution in [1.29, 1.82) is 0 Å². The van der Waals surface area contributed by atoms with Crippen molar-refractivity contribution in [3.05, 3.63) is 11.4 Å². The summed E-state index contributed by atoms with van der Waals surface area (Å²) in [6.07, 6.45) is 2.57. The van der Waals surface area contributed by atoms with E-state index in [4.69, 9.17) is 4.63 Å². The highest BCUT2D eigenvalue weighted by Gasteiger charge is 2.18. The minimum atomic E-state index is 0.816. The molecule has 0 radical (unpaired) electrons. The third-order valence-electron chi connectivity index (χ3n) is 3.54. The van der Waals surface area contributed by atoms with E-state index in [-0.39, 0.29) is 0 Å². The van der Waals surface area contributed by atoms with Gasteiger partial charge in [-0.1, -0.05) is 17.2 Å². The molecular weight excluding hydrogens is 216 g/mol. The second-order valence-corrected chi connectivity index (χ2v) is 4.82. The van der Waals surface area contributed by atoms with Crippen LogP contribution in [0.15, 0.2) is 4.63 Å². The molecular formula is C12H22N4O. The fourth-order valence-corrected chi connectivity index (χ4v) is 2.34. The van der Waals surface area contributed by atoms with Gasteiger partial charge in [0.2, 0.25) is 0 Å². The minimum absolute atomic E-state index is 0.816. The molecule has 1 N–H and O–H groups in total. The van der Waals surface area contributed by atoms with E-state index < -0.39 is 0 Å². The van der Waals surface area contributed by atoms with Gasteiger partial charge in [-0.15, -0.1) is 0 Å². The van der Waals surface area contributed by atoms with Crippen molar-refractivity contribution in [3.63, 3.8) is 0 Å². The SMILES string of the molecule is CCN(Cc1nonc1C)CC1CCNCC1. The monoisotopic (exact) mass is 238 g/mol. The van der Waals surface area contributed by atoms with Crippen molar-refractivity contribution in [1.82, 2.24) is 20.5 Å². The molecule has 0 saturated carbocycles. The fourth-order valence-electron chi connectivity index (χ4n) is 2.34. The van der Waals surface area contributed by atoms with E-state index in [1.807, 2.05) is 6.92 Å². The second kappa shape index (κ2) is 6.12. The Kier molecular flexibility index (Phi) is 4.50. The van der Waals surface area contributed by atoms with Gasteiger partial charge in [-0.2, -0.15) is 0 Å². The fraction of sp³-hybridized carbons (Fsp3) is 0.833. The molecule has 1 aromatic rings. The largest absolute Gasteiger partial charge is 0.317 e. The van der Waals surface area contributed by atoms with E-state index in [0.717, 1.165) is 50.0 Å². The molecule has 17 heavy (non-hydrogen) atoms. The van der Waals surface area contributed by atoms with Crippen molar-refractivity contribution in [2.75, 3.05) is 26.2 Å². The van der Waals surface area contributed by atoms with E-state index in [1.54, 1.807) is 0 Å². The Balaban J connectivity index is 1.85. The van der Waals surface area contributed by atoms with Gasteiger partial charge in [0.15, 0.2) is 0 Å². The number of hydrogen-bond acceptors (Lipinski definition) is 5. The Morgan fingerprint density at radius 1 is 1.35 bits per heavy atom. The lowest BCUT2D eigenvalue weighted by Crippen LogP contribution is -2.36. The summed E-state index contributed by atoms with van der Waals surface area (Å²) < 4.78 is 4.74. The summed E-state index contributed by atoms with van der Waals surface area (Å²) in [6.45, 7) is 9.53. The lowest BCUT2D eigenvalue weighted by molar-refractivity contribution is 0.201. The first-order valence-electron chi connectivity index (χ1n) is 6.50. The second-order valence-electron chi connectivity index (χ2n) is 4.82. The number of nitrogens with one attached hydrogen (secondary N) is 1. The quantitative estimate of drug-likeness (QED) is 0.835. The highest BCUT2D eigenvalue weighted by molar-refractivity contribution is 5.04. The Morgan fingerprint density at radius 2 is 2.12 bits per heavy atom. The smallest absolute Gasteiger partial charge is 0.122 e. The zero-order chi connectivity index (χ0) is 12.1. The summed E-state index contributed by atoms with van der Waals surface area (Å²) in [5, 5.41) is 11.2. The number of hydrogen-bond donors (Lipinski definition) is 1. The maximum atomic E-state index is 4.74. The summed E-state index contributed by atoms with van der Waals surface area (Å²) in [7, 11) is 0. The van der Waals surface area contributed by atoms with Gasteiger partial charge in [0.1, 0.15) is 11.4 Å². The topological polar surface area (TPSA) is 54.2 Å². The van der Waals surface area contributed by atoms with Gasteiger partial charge in [0.25, 0.3) is 0 Å². The highest BCUT2D eigenvalue weighted by Crippen LogP contribution is 2.15. The van der Waals surface area contributed by atoms with Gasteiger partial charge in [-0.3, -0.25) is 4.90 Å². The molecule has 0 aromatic carbocycles. The van der Waals surface area contributed by atoms with Crippen LogP contribution in [-0.4, -0.2) is 41.4 Å². The Morgan fingerprint density at radius 3 is 2.71 bits per heavy atom. The summed E-state index contributed by atoms with van der Waals surface area (Å²) in [4.78, 5) is 2.43. The van der Waals surface area contributed by atoms with Crippen LogP contribution in [0, 0.1) is 12.8 Å². The summed E-state index contributed by atoms with van der Waals surface area (Å²) >= 11 is 0. The van der Waals surface area contributed by atoms with Gasteiger partial charge in [0.05, 0.1) is 0 Å². The lowest BCUT2D eigenvalue weighted by Gasteiger charge is -2.28. The molecule has 0 atom stereocenters. The first-order chi connectivity index (χ1) is 8.29. The van der Waals surface area contributed by atoms with Crippen LogP contribution < -0.4 is 5.32 Å². The Bertz CT molecular complexity index is 333. The predicted molar refractivity (Wildman–Crippen MR) is 65.6 cm³/mol. The van der Waals surface area contributed by atoms with Crippen molar-refractivity contribution < 1.29 is 4.63 Å². The minimum Gasteiger partial charge on any atom is -0.317 e. The molecule has 0 amide bonds. The molecule has 5 heteroatoms. The zero-order valence-corrected chi connectivity index (χ0v) is 10.8. The summed E-state index contributed by atoms with van der Waals surface area (Å²) in [5.41, 5.74) is 1.88. The molecule has 1 fully saturated rings. The number of nitrogens with zero attached hydrogens (tertiary/aromatic N) is 3. The number of aromatic nitrogens is 2. The zero-order valence-electron chi connectivity index (χ0n) is 10.8. The third-order valence-corrected chi connectivity index (χ3v) is 3.54. The molecule has 0 spiro atoms. The van der Waals surface area contributed by atoms with E-state index in [0.29, 0.717) is 0 Å². The van der Waals surface area contributed by atoms with Crippen LogP contribution in [0.3, 0.4) is 0 Å². The summed E-state index contributed by atoms with van der Waals surface area (Å²) in [6, 6.07) is 0. The highest BCUT2D eigenvalue weighted by atomic mass is 16.6. The van der Waals surface area contributed by atoms with Crippen LogP contribution in [0.5, 0.6) is 0 Å². The molecule has 1 aliphatic heterocycles. The Hall–Kier alpha value is -0.940. The first-order valence-corrected chi connectivity index (χ1v) is 6.50. The molecule has 2 rings (SSSR count). The van der Waals surface area contributed by atoms with Gasteiger partial charge in [-0.05, 0) is 45.3 Å². The third kappa shape index (κ3) is 3.51. The molecule has 1 aliphatic rings. The van der Waals surface area contributed by atoms with Gasteiger partial charge < -0.3 is 5.32 Å². The maximum Gasteiger partial charge on any atom is 0.122 e. The van der Waals surface area contributed by atoms with Crippen LogP contribution >= 0.6 is 0 Å². The standard InChI is InChI=1S/C12H22N4O/c1-3-16(8-11-4-6-13-7-5-11)9-12-10(2)14-17-15-12/h11,13H,3-9H2,1-2H3. The lowest BCUT2D eigenvalue weighted by atomic mass is 9.97. The van der Waals surface area contributed by atoms with Crippen molar-refractivity contribution in [2.24, 2.45) is 5.92 Å². The predicted octanol–water partition coefficient (Wildman–Crippen LogP) is 1.20. The first kappa shape index (κ1) is 12.5. The van der Waals surface area contributed by atoms with Gasteiger partial charge in [-0.25, -0.2) is 4.63 Å². The molecule has 0 aliphatic carbocycles. The van der Waals surface area contributed by atoms with Crippen LogP contribution in [0.1, 0.15) is 31.2 Å². The number of rotatable bonds is 5. The van der Waals surface area contributed by atoms with Crippen LogP contribution in [0.4, 0.5) is 0 Å². The molecule has 2 heterocycles. The van der Waals surface area contributed by atoms with Crippen LogP contribution in [0.25, 0.3) is 0 Å². The maximum absolute atomic E-state index is 4.74. The molecule has 0 bridgehead atoms. The molecule has 1 saturated heterocycles. The Labute approximate surface area is 103 Å². The average Bonchev–Trinajstić information content (AvgIpc) is 2.75. The molecule has 5 nitrogen and oxygen atoms in total. The normalized spacial score (nSPS) is 17.8. The van der Waals surface area contributed by atoms with Crippen LogP contribution in [-0.2, 0) is 6.54 Å². The van der Waals surface area contributed by atoms with E-state index in [2.05, 4.69) is 27.5 Å². The summed E-state index contributed by atoms with van der Waals surface area (Å²) in [5.74, 6) is 0.816. The van der Waals surface area contributed by atoms with Crippen molar-refractivity contribution in [2.45, 2.75) is 33.2 Å². The molecule has 96 valence electrons. The van der Waals surface area contributed by atoms with Crippen molar-refractivity contribution in [3.8, 4) is 0 Å². The van der Waals surface area contributed by atoms with Gasteiger partial charge >= 0.3 is 0 Å². The molecule has 0 unspecified atom stereocenters. The van der Waals surface area contributed by atoms with Gasteiger partial charge in [0, 0.05) is 13.1 Å². The average molecular weight is 238 g/mol. The number of piperidine rings is 1. The van der Waals surface area contributed by atoms with E-state index >= 15 is 0 Å².